The SMILES string of the molecule is Cc1ccccc1CSCCNC(=O)C1CCN(S(=O)(=O)Cc2ccc(Cl)cc2Cl)CC1. The van der Waals surface area contributed by atoms with Gasteiger partial charge in [-0.2, -0.15) is 11.8 Å². The molecule has 0 aromatic heterocycles. The number of piperidine rings is 1. The number of carbonyl (C=O) groups excluding carboxylic acids is 1. The lowest BCUT2D eigenvalue weighted by Gasteiger charge is -2.30. The molecular formula is C23H28Cl2N2O3S2. The van der Waals surface area contributed by atoms with Crippen molar-refractivity contribution in [2.75, 3.05) is 25.4 Å². The Morgan fingerprint density at radius 1 is 1.12 bits per heavy atom. The normalized spacial score (nSPS) is 15.6. The molecule has 0 atom stereocenters. The second kappa shape index (κ2) is 11.7. The van der Waals surface area contributed by atoms with Crippen molar-refractivity contribution in [2.45, 2.75) is 31.3 Å². The molecule has 1 saturated heterocycles. The Hall–Kier alpha value is -1.25. The predicted molar refractivity (Wildman–Crippen MR) is 134 cm³/mol. The van der Waals surface area contributed by atoms with Crippen LogP contribution < -0.4 is 5.32 Å². The fourth-order valence-electron chi connectivity index (χ4n) is 3.67. The first-order chi connectivity index (χ1) is 15.3. The third-order valence-corrected chi connectivity index (χ3v) is 9.06. The number of hydrogen-bond acceptors (Lipinski definition) is 4. The zero-order chi connectivity index (χ0) is 23.1. The second-order valence-electron chi connectivity index (χ2n) is 7.94. The zero-order valence-corrected chi connectivity index (χ0v) is 21.2. The van der Waals surface area contributed by atoms with Crippen LogP contribution in [0.2, 0.25) is 10.0 Å². The number of nitrogens with zero attached hydrogens (tertiary/aromatic N) is 1. The molecule has 0 bridgehead atoms. The van der Waals surface area contributed by atoms with Gasteiger partial charge in [-0.3, -0.25) is 4.79 Å². The van der Waals surface area contributed by atoms with E-state index in [2.05, 4.69) is 24.4 Å². The Balaban J connectivity index is 1.39. The monoisotopic (exact) mass is 514 g/mol. The summed E-state index contributed by atoms with van der Waals surface area (Å²) in [6.45, 7) is 3.40. The average molecular weight is 516 g/mol. The Morgan fingerprint density at radius 3 is 2.53 bits per heavy atom. The molecular weight excluding hydrogens is 487 g/mol. The van der Waals surface area contributed by atoms with Crippen LogP contribution in [0, 0.1) is 12.8 Å². The zero-order valence-electron chi connectivity index (χ0n) is 18.0. The Morgan fingerprint density at radius 2 is 1.84 bits per heavy atom. The van der Waals surface area contributed by atoms with Gasteiger partial charge in [-0.25, -0.2) is 12.7 Å². The molecule has 1 fully saturated rings. The van der Waals surface area contributed by atoms with Crippen molar-refractivity contribution in [3.05, 3.63) is 69.2 Å². The van der Waals surface area contributed by atoms with Crippen LogP contribution in [0.25, 0.3) is 0 Å². The minimum Gasteiger partial charge on any atom is -0.355 e. The van der Waals surface area contributed by atoms with Gasteiger partial charge in [-0.05, 0) is 48.6 Å². The molecule has 1 N–H and O–H groups in total. The van der Waals surface area contributed by atoms with Crippen molar-refractivity contribution in [1.29, 1.82) is 0 Å². The minimum absolute atomic E-state index is 0.0132. The van der Waals surface area contributed by atoms with Crippen LogP contribution in [0.4, 0.5) is 0 Å². The van der Waals surface area contributed by atoms with E-state index < -0.39 is 10.0 Å². The van der Waals surface area contributed by atoms with E-state index in [4.69, 9.17) is 23.2 Å². The topological polar surface area (TPSA) is 66.5 Å². The quantitative estimate of drug-likeness (QED) is 0.483. The third-order valence-electron chi connectivity index (χ3n) is 5.64. The third kappa shape index (κ3) is 7.12. The first-order valence-electron chi connectivity index (χ1n) is 10.6. The van der Waals surface area contributed by atoms with Gasteiger partial charge in [0, 0.05) is 47.1 Å². The Kier molecular flexibility index (Phi) is 9.32. The van der Waals surface area contributed by atoms with Crippen molar-refractivity contribution >= 4 is 50.9 Å². The summed E-state index contributed by atoms with van der Waals surface area (Å²) in [6, 6.07) is 13.1. The van der Waals surface area contributed by atoms with Gasteiger partial charge in [-0.1, -0.05) is 53.5 Å². The molecule has 5 nitrogen and oxygen atoms in total. The summed E-state index contributed by atoms with van der Waals surface area (Å²) in [6.07, 6.45) is 1.05. The van der Waals surface area contributed by atoms with Crippen LogP contribution >= 0.6 is 35.0 Å². The van der Waals surface area contributed by atoms with Crippen molar-refractivity contribution in [3.8, 4) is 0 Å². The number of hydrogen-bond donors (Lipinski definition) is 1. The van der Waals surface area contributed by atoms with Gasteiger partial charge in [0.2, 0.25) is 15.9 Å². The van der Waals surface area contributed by atoms with E-state index in [9.17, 15) is 13.2 Å². The van der Waals surface area contributed by atoms with Crippen LogP contribution in [-0.2, 0) is 26.3 Å². The molecule has 32 heavy (non-hydrogen) atoms. The van der Waals surface area contributed by atoms with Gasteiger partial charge in [0.05, 0.1) is 5.75 Å². The summed E-state index contributed by atoms with van der Waals surface area (Å²) < 4.78 is 27.0. The van der Waals surface area contributed by atoms with Crippen molar-refractivity contribution < 1.29 is 13.2 Å². The maximum Gasteiger partial charge on any atom is 0.223 e. The number of thioether (sulfide) groups is 1. The number of benzene rings is 2. The van der Waals surface area contributed by atoms with E-state index in [1.165, 1.54) is 15.4 Å². The lowest BCUT2D eigenvalue weighted by molar-refractivity contribution is -0.125. The number of aryl methyl sites for hydroxylation is 1. The standard InChI is InChI=1S/C23H28Cl2N2O3S2/c1-17-4-2-3-5-19(17)15-31-13-10-26-23(28)18-8-11-27(12-9-18)32(29,30)16-20-6-7-21(24)14-22(20)25/h2-7,14,18H,8-13,15-16H2,1H3,(H,26,28). The molecule has 2 aromatic rings. The molecule has 0 aliphatic carbocycles. The molecule has 1 heterocycles. The van der Waals surface area contributed by atoms with Crippen molar-refractivity contribution in [3.63, 3.8) is 0 Å². The molecule has 174 valence electrons. The summed E-state index contributed by atoms with van der Waals surface area (Å²) in [5.41, 5.74) is 3.13. The van der Waals surface area contributed by atoms with E-state index >= 15 is 0 Å². The van der Waals surface area contributed by atoms with Gasteiger partial charge in [0.1, 0.15) is 0 Å². The van der Waals surface area contributed by atoms with Gasteiger partial charge < -0.3 is 5.32 Å². The van der Waals surface area contributed by atoms with Crippen LogP contribution in [0.15, 0.2) is 42.5 Å². The number of rotatable bonds is 9. The molecule has 2 aromatic carbocycles. The lowest BCUT2D eigenvalue weighted by atomic mass is 9.97. The fourth-order valence-corrected chi connectivity index (χ4v) is 6.75. The van der Waals surface area contributed by atoms with Gasteiger partial charge in [0.25, 0.3) is 0 Å². The molecule has 3 rings (SSSR count). The number of carbonyl (C=O) groups is 1. The molecule has 0 unspecified atom stereocenters. The van der Waals surface area contributed by atoms with Gasteiger partial charge >= 0.3 is 0 Å². The highest BCUT2D eigenvalue weighted by molar-refractivity contribution is 7.98. The van der Waals surface area contributed by atoms with Crippen LogP contribution in [-0.4, -0.2) is 44.0 Å². The number of nitrogens with one attached hydrogen (secondary N) is 1. The number of sulfonamides is 1. The van der Waals surface area contributed by atoms with E-state index in [0.717, 1.165) is 11.5 Å². The second-order valence-corrected chi connectivity index (χ2v) is 11.9. The number of amides is 1. The Bertz CT molecular complexity index is 1040. The summed E-state index contributed by atoms with van der Waals surface area (Å²) in [5.74, 6) is 1.46. The molecule has 1 aliphatic heterocycles. The molecule has 1 amide bonds. The number of halogens is 2. The first kappa shape index (κ1) is 25.4. The summed E-state index contributed by atoms with van der Waals surface area (Å²) in [4.78, 5) is 12.5. The van der Waals surface area contributed by atoms with E-state index in [1.807, 2.05) is 12.1 Å². The predicted octanol–water partition coefficient (Wildman–Crippen LogP) is 4.89. The molecule has 1 aliphatic rings. The fraction of sp³-hybridized carbons (Fsp3) is 0.435. The summed E-state index contributed by atoms with van der Waals surface area (Å²) >= 11 is 13.8. The van der Waals surface area contributed by atoms with E-state index in [0.29, 0.717) is 48.1 Å². The maximum absolute atomic E-state index is 12.8. The van der Waals surface area contributed by atoms with Crippen LogP contribution in [0.3, 0.4) is 0 Å². The molecule has 0 radical (unpaired) electrons. The average Bonchev–Trinajstić information content (AvgIpc) is 2.76. The van der Waals surface area contributed by atoms with Gasteiger partial charge in [0.15, 0.2) is 0 Å². The molecule has 9 heteroatoms. The summed E-state index contributed by atoms with van der Waals surface area (Å²) in [5, 5.41) is 3.81. The highest BCUT2D eigenvalue weighted by atomic mass is 35.5. The van der Waals surface area contributed by atoms with E-state index in [1.54, 1.807) is 30.0 Å². The van der Waals surface area contributed by atoms with Gasteiger partial charge in [-0.15, -0.1) is 0 Å². The molecule has 0 spiro atoms. The first-order valence-corrected chi connectivity index (χ1v) is 14.1. The smallest absolute Gasteiger partial charge is 0.223 e. The minimum atomic E-state index is -3.50. The van der Waals surface area contributed by atoms with E-state index in [-0.39, 0.29) is 17.6 Å². The lowest BCUT2D eigenvalue weighted by Crippen LogP contribution is -2.43. The van der Waals surface area contributed by atoms with Crippen LogP contribution in [0.1, 0.15) is 29.5 Å². The highest BCUT2D eigenvalue weighted by Crippen LogP contribution is 2.26. The Labute approximate surface area is 204 Å². The molecule has 0 saturated carbocycles. The van der Waals surface area contributed by atoms with Crippen LogP contribution in [0.5, 0.6) is 0 Å². The highest BCUT2D eigenvalue weighted by Gasteiger charge is 2.31. The van der Waals surface area contributed by atoms with Crippen molar-refractivity contribution in [1.82, 2.24) is 9.62 Å². The van der Waals surface area contributed by atoms with Crippen molar-refractivity contribution in [2.24, 2.45) is 5.92 Å². The maximum atomic E-state index is 12.8. The summed E-state index contributed by atoms with van der Waals surface area (Å²) in [7, 11) is -3.50. The largest absolute Gasteiger partial charge is 0.355 e.